The van der Waals surface area contributed by atoms with Crippen LogP contribution in [0, 0.1) is 17.6 Å². The van der Waals surface area contributed by atoms with Crippen LogP contribution in [0.15, 0.2) is 12.1 Å². The number of rotatable bonds is 6. The van der Waals surface area contributed by atoms with E-state index in [1.165, 1.54) is 7.11 Å². The molecule has 102 valence electrons. The minimum absolute atomic E-state index is 0.0437. The molecule has 1 aromatic carbocycles. The summed E-state index contributed by atoms with van der Waals surface area (Å²) < 4.78 is 31.7. The van der Waals surface area contributed by atoms with Crippen LogP contribution in [0.4, 0.5) is 8.78 Å². The van der Waals surface area contributed by atoms with Crippen molar-refractivity contribution in [3.63, 3.8) is 0 Å². The molecule has 0 amide bonds. The highest BCUT2D eigenvalue weighted by Crippen LogP contribution is 2.21. The van der Waals surface area contributed by atoms with Gasteiger partial charge in [0.15, 0.2) is 11.6 Å². The summed E-state index contributed by atoms with van der Waals surface area (Å²) in [6.45, 7) is 4.01. The number of aliphatic hydroxyl groups excluding tert-OH is 1. The Morgan fingerprint density at radius 1 is 1.28 bits per heavy atom. The maximum Gasteiger partial charge on any atom is 0.165 e. The Labute approximate surface area is 106 Å². The molecule has 0 aliphatic carbocycles. The average molecular weight is 259 g/mol. The molecule has 2 N–H and O–H groups in total. The Bertz CT molecular complexity index is 397. The van der Waals surface area contributed by atoms with Crippen LogP contribution in [-0.2, 0) is 6.54 Å². The first-order valence-electron chi connectivity index (χ1n) is 5.85. The zero-order valence-electron chi connectivity index (χ0n) is 10.8. The van der Waals surface area contributed by atoms with Crippen LogP contribution in [0.25, 0.3) is 0 Å². The fourth-order valence-corrected chi connectivity index (χ4v) is 1.61. The van der Waals surface area contributed by atoms with E-state index in [4.69, 9.17) is 9.84 Å². The number of methoxy groups -OCH3 is 1. The molecule has 0 heterocycles. The Kier molecular flexibility index (Phi) is 5.50. The number of nitrogens with one attached hydrogen (secondary N) is 1. The van der Waals surface area contributed by atoms with Gasteiger partial charge in [-0.2, -0.15) is 0 Å². The van der Waals surface area contributed by atoms with Gasteiger partial charge in [-0.15, -0.1) is 0 Å². The molecule has 3 nitrogen and oxygen atoms in total. The van der Waals surface area contributed by atoms with Crippen molar-refractivity contribution >= 4 is 0 Å². The molecule has 0 aliphatic rings. The van der Waals surface area contributed by atoms with Gasteiger partial charge in [-0.3, -0.25) is 0 Å². The van der Waals surface area contributed by atoms with Crippen LogP contribution in [0.5, 0.6) is 5.75 Å². The molecule has 1 atom stereocenters. The standard InChI is InChI=1S/C13H19F2NO2/c1-8(2)12(7-17)16-6-9-4-11(15)13(18-3)5-10(9)14/h4-5,8,12,16-17H,6-7H2,1-3H3. The van der Waals surface area contributed by atoms with E-state index in [9.17, 15) is 8.78 Å². The number of ether oxygens (including phenoxy) is 1. The third-order valence-electron chi connectivity index (χ3n) is 2.88. The summed E-state index contributed by atoms with van der Waals surface area (Å²) in [5.74, 6) is -1.03. The minimum Gasteiger partial charge on any atom is -0.494 e. The lowest BCUT2D eigenvalue weighted by molar-refractivity contribution is 0.209. The van der Waals surface area contributed by atoms with Gasteiger partial charge >= 0.3 is 0 Å². The molecule has 0 spiro atoms. The van der Waals surface area contributed by atoms with E-state index in [2.05, 4.69) is 5.32 Å². The summed E-state index contributed by atoms with van der Waals surface area (Å²) in [5.41, 5.74) is 0.215. The third-order valence-corrected chi connectivity index (χ3v) is 2.88. The van der Waals surface area contributed by atoms with E-state index in [1.54, 1.807) is 0 Å². The molecule has 0 saturated heterocycles. The van der Waals surface area contributed by atoms with Gasteiger partial charge in [-0.25, -0.2) is 8.78 Å². The molecule has 1 rings (SSSR count). The third kappa shape index (κ3) is 3.65. The van der Waals surface area contributed by atoms with Crippen molar-refractivity contribution in [2.75, 3.05) is 13.7 Å². The second-order valence-corrected chi connectivity index (χ2v) is 4.49. The lowest BCUT2D eigenvalue weighted by Gasteiger charge is -2.20. The summed E-state index contributed by atoms with van der Waals surface area (Å²) in [5, 5.41) is 12.1. The molecule has 1 aromatic rings. The second-order valence-electron chi connectivity index (χ2n) is 4.49. The number of aliphatic hydroxyl groups is 1. The van der Waals surface area contributed by atoms with Crippen LogP contribution in [0.2, 0.25) is 0 Å². The topological polar surface area (TPSA) is 41.5 Å². The zero-order chi connectivity index (χ0) is 13.7. The van der Waals surface area contributed by atoms with Crippen LogP contribution < -0.4 is 10.1 Å². The van der Waals surface area contributed by atoms with E-state index in [0.717, 1.165) is 12.1 Å². The first-order valence-corrected chi connectivity index (χ1v) is 5.85. The van der Waals surface area contributed by atoms with Crippen molar-refractivity contribution in [3.05, 3.63) is 29.3 Å². The van der Waals surface area contributed by atoms with Crippen molar-refractivity contribution in [2.24, 2.45) is 5.92 Å². The Hall–Kier alpha value is -1.20. The van der Waals surface area contributed by atoms with E-state index >= 15 is 0 Å². The van der Waals surface area contributed by atoms with Gasteiger partial charge in [0.2, 0.25) is 0 Å². The summed E-state index contributed by atoms with van der Waals surface area (Å²) in [7, 11) is 1.29. The van der Waals surface area contributed by atoms with Gasteiger partial charge < -0.3 is 15.2 Å². The lowest BCUT2D eigenvalue weighted by atomic mass is 10.0. The van der Waals surface area contributed by atoms with Crippen molar-refractivity contribution in [1.82, 2.24) is 5.32 Å². The van der Waals surface area contributed by atoms with Crippen molar-refractivity contribution in [1.29, 1.82) is 0 Å². The molecular weight excluding hydrogens is 240 g/mol. The van der Waals surface area contributed by atoms with Gasteiger partial charge in [-0.1, -0.05) is 13.8 Å². The Balaban J connectivity index is 2.76. The summed E-state index contributed by atoms with van der Waals surface area (Å²) in [6.07, 6.45) is 0. The minimum atomic E-state index is -0.596. The number of hydrogen-bond donors (Lipinski definition) is 2. The van der Waals surface area contributed by atoms with E-state index < -0.39 is 11.6 Å². The van der Waals surface area contributed by atoms with E-state index in [-0.39, 0.29) is 36.4 Å². The van der Waals surface area contributed by atoms with Gasteiger partial charge in [0.1, 0.15) is 5.82 Å². The average Bonchev–Trinajstić information content (AvgIpc) is 2.33. The number of benzene rings is 1. The normalized spacial score (nSPS) is 12.8. The van der Waals surface area contributed by atoms with E-state index in [1.807, 2.05) is 13.8 Å². The highest BCUT2D eigenvalue weighted by Gasteiger charge is 2.14. The predicted molar refractivity (Wildman–Crippen MR) is 65.5 cm³/mol. The highest BCUT2D eigenvalue weighted by atomic mass is 19.1. The fourth-order valence-electron chi connectivity index (χ4n) is 1.61. The smallest absolute Gasteiger partial charge is 0.165 e. The molecule has 0 aromatic heterocycles. The highest BCUT2D eigenvalue weighted by molar-refractivity contribution is 5.30. The summed E-state index contributed by atoms with van der Waals surface area (Å²) in [6, 6.07) is 1.99. The fraction of sp³-hybridized carbons (Fsp3) is 0.538. The SMILES string of the molecule is COc1cc(F)c(CNC(CO)C(C)C)cc1F. The summed E-state index contributed by atoms with van der Waals surface area (Å²) >= 11 is 0. The van der Waals surface area contributed by atoms with E-state index in [0.29, 0.717) is 0 Å². The quantitative estimate of drug-likeness (QED) is 0.822. The maximum absolute atomic E-state index is 13.6. The van der Waals surface area contributed by atoms with Gasteiger partial charge in [-0.05, 0) is 12.0 Å². The van der Waals surface area contributed by atoms with Crippen LogP contribution >= 0.6 is 0 Å². The Morgan fingerprint density at radius 3 is 2.44 bits per heavy atom. The van der Waals surface area contributed by atoms with Crippen molar-refractivity contribution in [2.45, 2.75) is 26.4 Å². The molecule has 18 heavy (non-hydrogen) atoms. The predicted octanol–water partition coefficient (Wildman–Crippen LogP) is 2.08. The molecule has 5 heteroatoms. The first kappa shape index (κ1) is 14.9. The van der Waals surface area contributed by atoms with Crippen LogP contribution in [0.3, 0.4) is 0 Å². The zero-order valence-corrected chi connectivity index (χ0v) is 10.8. The molecule has 0 saturated carbocycles. The van der Waals surface area contributed by atoms with Crippen molar-refractivity contribution in [3.8, 4) is 5.75 Å². The molecule has 0 bridgehead atoms. The largest absolute Gasteiger partial charge is 0.494 e. The first-order chi connectivity index (χ1) is 8.49. The molecule has 0 aliphatic heterocycles. The summed E-state index contributed by atoms with van der Waals surface area (Å²) in [4.78, 5) is 0. The van der Waals surface area contributed by atoms with Crippen LogP contribution in [0.1, 0.15) is 19.4 Å². The van der Waals surface area contributed by atoms with Crippen molar-refractivity contribution < 1.29 is 18.6 Å². The Morgan fingerprint density at radius 2 is 1.94 bits per heavy atom. The molecule has 0 fully saturated rings. The van der Waals surface area contributed by atoms with Gasteiger partial charge in [0, 0.05) is 24.2 Å². The van der Waals surface area contributed by atoms with Gasteiger partial charge in [0.25, 0.3) is 0 Å². The molecular formula is C13H19F2NO2. The molecule has 0 radical (unpaired) electrons. The maximum atomic E-state index is 13.6. The molecule has 1 unspecified atom stereocenters. The lowest BCUT2D eigenvalue weighted by Crippen LogP contribution is -2.36. The second kappa shape index (κ2) is 6.66. The van der Waals surface area contributed by atoms with Gasteiger partial charge in [0.05, 0.1) is 13.7 Å². The number of hydrogen-bond acceptors (Lipinski definition) is 3. The van der Waals surface area contributed by atoms with Crippen LogP contribution in [-0.4, -0.2) is 24.9 Å². The monoisotopic (exact) mass is 259 g/mol. The number of halogens is 2.